The predicted octanol–water partition coefficient (Wildman–Crippen LogP) is 5.30. The molecule has 21 heavy (non-hydrogen) atoms. The summed E-state index contributed by atoms with van der Waals surface area (Å²) in [5.74, 6) is 1.42. The molecule has 3 heteroatoms. The van der Waals surface area contributed by atoms with Crippen molar-refractivity contribution in [2.75, 3.05) is 6.54 Å². The Balaban J connectivity index is 2.22. The zero-order chi connectivity index (χ0) is 15.9. The Hall–Kier alpha value is -0.0500. The van der Waals surface area contributed by atoms with Crippen molar-refractivity contribution in [1.82, 2.24) is 5.32 Å². The Labute approximate surface area is 140 Å². The molecule has 0 saturated heterocycles. The van der Waals surface area contributed by atoms with Gasteiger partial charge in [0, 0.05) is 17.3 Å². The van der Waals surface area contributed by atoms with Gasteiger partial charge in [0.15, 0.2) is 0 Å². The van der Waals surface area contributed by atoms with Crippen LogP contribution in [0.1, 0.15) is 79.1 Å². The summed E-state index contributed by atoms with van der Waals surface area (Å²) < 4.78 is 0. The third-order valence-electron chi connectivity index (χ3n) is 4.52. The molecule has 1 aliphatic carbocycles. The van der Waals surface area contributed by atoms with Crippen LogP contribution in [0.4, 0.5) is 0 Å². The highest BCUT2D eigenvalue weighted by molar-refractivity contribution is 9.09. The summed E-state index contributed by atoms with van der Waals surface area (Å²) in [6.07, 6.45) is 9.76. The molecule has 0 heterocycles. The van der Waals surface area contributed by atoms with Gasteiger partial charge in [-0.1, -0.05) is 62.9 Å². The van der Waals surface area contributed by atoms with Crippen molar-refractivity contribution in [3.8, 4) is 0 Å². The second kappa shape index (κ2) is 9.17. The van der Waals surface area contributed by atoms with Crippen LogP contribution < -0.4 is 5.32 Å². The molecule has 0 aromatic rings. The molecule has 0 bridgehead atoms. The van der Waals surface area contributed by atoms with Gasteiger partial charge in [-0.05, 0) is 43.4 Å². The van der Waals surface area contributed by atoms with E-state index in [1.165, 1.54) is 32.1 Å². The molecule has 0 aromatic carbocycles. The van der Waals surface area contributed by atoms with Gasteiger partial charge in [-0.2, -0.15) is 0 Å². The van der Waals surface area contributed by atoms with E-state index in [9.17, 15) is 4.79 Å². The van der Waals surface area contributed by atoms with E-state index in [1.807, 2.05) is 0 Å². The van der Waals surface area contributed by atoms with Crippen molar-refractivity contribution in [3.63, 3.8) is 0 Å². The van der Waals surface area contributed by atoms with E-state index >= 15 is 0 Å². The lowest BCUT2D eigenvalue weighted by Crippen LogP contribution is -2.37. The van der Waals surface area contributed by atoms with Crippen molar-refractivity contribution < 1.29 is 4.79 Å². The molecule has 1 amide bonds. The zero-order valence-electron chi connectivity index (χ0n) is 14.4. The van der Waals surface area contributed by atoms with Crippen LogP contribution in [0.25, 0.3) is 0 Å². The zero-order valence-corrected chi connectivity index (χ0v) is 16.0. The number of halogens is 1. The van der Waals surface area contributed by atoms with Gasteiger partial charge in [-0.25, -0.2) is 0 Å². The fourth-order valence-electron chi connectivity index (χ4n) is 3.30. The fourth-order valence-corrected chi connectivity index (χ4v) is 4.43. The van der Waals surface area contributed by atoms with Crippen molar-refractivity contribution in [2.45, 2.75) is 83.9 Å². The Morgan fingerprint density at radius 2 is 1.86 bits per heavy atom. The molecule has 0 aliphatic heterocycles. The number of carbonyl (C=O) groups is 1. The molecule has 1 rings (SSSR count). The van der Waals surface area contributed by atoms with E-state index in [0.29, 0.717) is 10.2 Å². The van der Waals surface area contributed by atoms with Crippen LogP contribution in [0, 0.1) is 17.3 Å². The summed E-state index contributed by atoms with van der Waals surface area (Å²) in [4.78, 5) is 12.6. The summed E-state index contributed by atoms with van der Waals surface area (Å²) in [7, 11) is 0. The molecular weight excluding hydrogens is 326 g/mol. The number of unbranched alkanes of at least 4 members (excludes halogenated alkanes) is 1. The molecule has 0 aromatic heterocycles. The lowest BCUT2D eigenvalue weighted by atomic mass is 9.79. The third kappa shape index (κ3) is 8.23. The minimum absolute atomic E-state index is 0.261. The maximum Gasteiger partial charge on any atom is 0.223 e. The van der Waals surface area contributed by atoms with Gasteiger partial charge < -0.3 is 5.32 Å². The van der Waals surface area contributed by atoms with E-state index in [4.69, 9.17) is 0 Å². The number of nitrogens with one attached hydrogen (secondary N) is 1. The van der Waals surface area contributed by atoms with E-state index in [2.05, 4.69) is 48.9 Å². The third-order valence-corrected chi connectivity index (χ3v) is 5.16. The van der Waals surface area contributed by atoms with Crippen LogP contribution in [-0.4, -0.2) is 17.3 Å². The molecular formula is C18H34BrNO. The van der Waals surface area contributed by atoms with E-state index in [0.717, 1.165) is 31.7 Å². The maximum atomic E-state index is 12.3. The first kappa shape index (κ1) is 19.0. The number of alkyl halides is 1. The minimum atomic E-state index is 0.261. The molecule has 1 aliphatic rings. The average molecular weight is 360 g/mol. The Morgan fingerprint density at radius 3 is 2.38 bits per heavy atom. The summed E-state index contributed by atoms with van der Waals surface area (Å²) in [6.45, 7) is 9.72. The first-order valence-corrected chi connectivity index (χ1v) is 9.65. The molecule has 1 atom stereocenters. The van der Waals surface area contributed by atoms with E-state index < -0.39 is 0 Å². The van der Waals surface area contributed by atoms with E-state index in [1.54, 1.807) is 0 Å². The molecule has 1 N–H and O–H groups in total. The summed E-state index contributed by atoms with van der Waals surface area (Å²) in [6, 6.07) is 0. The van der Waals surface area contributed by atoms with E-state index in [-0.39, 0.29) is 11.8 Å². The molecule has 2 nitrogen and oxygen atoms in total. The Kier molecular flexibility index (Phi) is 8.30. The smallest absolute Gasteiger partial charge is 0.223 e. The fraction of sp³-hybridized carbons (Fsp3) is 0.944. The second-order valence-electron chi connectivity index (χ2n) is 7.97. The van der Waals surface area contributed by atoms with Crippen molar-refractivity contribution in [2.24, 2.45) is 17.3 Å². The highest BCUT2D eigenvalue weighted by atomic mass is 79.9. The van der Waals surface area contributed by atoms with Gasteiger partial charge in [0.05, 0.1) is 0 Å². The van der Waals surface area contributed by atoms with Crippen LogP contribution >= 0.6 is 15.9 Å². The molecule has 1 fully saturated rings. The van der Waals surface area contributed by atoms with Crippen molar-refractivity contribution >= 4 is 21.8 Å². The highest BCUT2D eigenvalue weighted by Crippen LogP contribution is 2.32. The molecule has 0 radical (unpaired) electrons. The normalized spacial score (nSPS) is 24.6. The number of rotatable bonds is 7. The van der Waals surface area contributed by atoms with Gasteiger partial charge in [-0.3, -0.25) is 4.79 Å². The topological polar surface area (TPSA) is 29.1 Å². The molecule has 0 spiro atoms. The number of hydrogen-bond acceptors (Lipinski definition) is 1. The molecule has 1 unspecified atom stereocenters. The first-order valence-electron chi connectivity index (χ1n) is 8.73. The van der Waals surface area contributed by atoms with Gasteiger partial charge in [-0.15, -0.1) is 0 Å². The largest absolute Gasteiger partial charge is 0.355 e. The molecule has 124 valence electrons. The first-order chi connectivity index (χ1) is 9.81. The van der Waals surface area contributed by atoms with Gasteiger partial charge >= 0.3 is 0 Å². The van der Waals surface area contributed by atoms with Gasteiger partial charge in [0.2, 0.25) is 5.91 Å². The Morgan fingerprint density at radius 1 is 1.24 bits per heavy atom. The minimum Gasteiger partial charge on any atom is -0.355 e. The summed E-state index contributed by atoms with van der Waals surface area (Å²) in [5.41, 5.74) is 0.302. The van der Waals surface area contributed by atoms with Crippen molar-refractivity contribution in [3.05, 3.63) is 0 Å². The lowest BCUT2D eigenvalue weighted by Gasteiger charge is -2.28. The maximum absolute atomic E-state index is 12.3. The monoisotopic (exact) mass is 359 g/mol. The highest BCUT2D eigenvalue weighted by Gasteiger charge is 2.26. The quantitative estimate of drug-likeness (QED) is 0.614. The van der Waals surface area contributed by atoms with Crippen LogP contribution in [0.5, 0.6) is 0 Å². The lowest BCUT2D eigenvalue weighted by molar-refractivity contribution is -0.126. The van der Waals surface area contributed by atoms with Crippen LogP contribution in [0.3, 0.4) is 0 Å². The Bertz CT molecular complexity index is 303. The van der Waals surface area contributed by atoms with Crippen LogP contribution in [0.2, 0.25) is 0 Å². The summed E-state index contributed by atoms with van der Waals surface area (Å²) >= 11 is 3.69. The van der Waals surface area contributed by atoms with Crippen LogP contribution in [-0.2, 0) is 4.79 Å². The standard InChI is InChI=1S/C18H34BrNO/c1-5-6-7-14-8-10-15(11-9-14)17(21)20-13-16(19)12-18(2,3)4/h14-16H,5-13H2,1-4H3,(H,20,21). The van der Waals surface area contributed by atoms with Crippen molar-refractivity contribution in [1.29, 1.82) is 0 Å². The number of amides is 1. The SMILES string of the molecule is CCCCC1CCC(C(=O)NCC(Br)CC(C)(C)C)CC1. The number of carbonyl (C=O) groups excluding carboxylic acids is 1. The predicted molar refractivity (Wildman–Crippen MR) is 94.8 cm³/mol. The number of hydrogen-bond donors (Lipinski definition) is 1. The average Bonchev–Trinajstić information content (AvgIpc) is 2.41. The second-order valence-corrected chi connectivity index (χ2v) is 9.26. The van der Waals surface area contributed by atoms with Gasteiger partial charge in [0.1, 0.15) is 0 Å². The summed E-state index contributed by atoms with van der Waals surface area (Å²) in [5, 5.41) is 3.15. The van der Waals surface area contributed by atoms with Gasteiger partial charge in [0.25, 0.3) is 0 Å². The molecule has 1 saturated carbocycles. The van der Waals surface area contributed by atoms with Crippen LogP contribution in [0.15, 0.2) is 0 Å².